The van der Waals surface area contributed by atoms with Gasteiger partial charge in [-0.15, -0.1) is 0 Å². The summed E-state index contributed by atoms with van der Waals surface area (Å²) in [4.78, 5) is 10.8. The average Bonchev–Trinajstić information content (AvgIpc) is 2.35. The molecule has 2 aromatic carbocycles. The van der Waals surface area contributed by atoms with E-state index in [4.69, 9.17) is 9.84 Å². The molecular weight excluding hydrogens is 383 g/mol. The molecule has 0 bridgehead atoms. The lowest BCUT2D eigenvalue weighted by molar-refractivity contribution is 0.0695. The van der Waals surface area contributed by atoms with Crippen LogP contribution in [0.4, 0.5) is 4.39 Å². The lowest BCUT2D eigenvalue weighted by Gasteiger charge is -2.09. The molecule has 0 saturated carbocycles. The zero-order valence-electron chi connectivity index (χ0n) is 9.36. The number of benzene rings is 2. The van der Waals surface area contributed by atoms with E-state index in [0.29, 0.717) is 5.75 Å². The molecule has 0 aliphatic carbocycles. The highest BCUT2D eigenvalue weighted by atomic mass is 79.9. The van der Waals surface area contributed by atoms with Crippen molar-refractivity contribution in [3.63, 3.8) is 0 Å². The minimum atomic E-state index is -1.21. The van der Waals surface area contributed by atoms with Crippen LogP contribution >= 0.6 is 31.9 Å². The van der Waals surface area contributed by atoms with Crippen LogP contribution in [0.1, 0.15) is 10.4 Å². The molecule has 3 nitrogen and oxygen atoms in total. The fourth-order valence-corrected chi connectivity index (χ4v) is 2.31. The zero-order chi connectivity index (χ0) is 14.0. The lowest BCUT2D eigenvalue weighted by atomic mass is 10.2. The van der Waals surface area contributed by atoms with E-state index in [1.165, 1.54) is 12.1 Å². The summed E-state index contributed by atoms with van der Waals surface area (Å²) in [6, 6.07) is 9.47. The second-order valence-electron chi connectivity index (χ2n) is 3.60. The molecule has 0 amide bonds. The van der Waals surface area contributed by atoms with Gasteiger partial charge in [0.15, 0.2) is 11.6 Å². The van der Waals surface area contributed by atoms with Crippen molar-refractivity contribution in [2.75, 3.05) is 0 Å². The second-order valence-corrected chi connectivity index (χ2v) is 5.31. The van der Waals surface area contributed by atoms with Crippen molar-refractivity contribution in [1.82, 2.24) is 0 Å². The smallest absolute Gasteiger partial charge is 0.336 e. The van der Waals surface area contributed by atoms with Crippen LogP contribution in [0.3, 0.4) is 0 Å². The van der Waals surface area contributed by atoms with Gasteiger partial charge in [0.2, 0.25) is 0 Å². The number of hydrogen-bond acceptors (Lipinski definition) is 2. The average molecular weight is 390 g/mol. The molecule has 0 atom stereocenters. The van der Waals surface area contributed by atoms with E-state index in [1.54, 1.807) is 18.2 Å². The summed E-state index contributed by atoms with van der Waals surface area (Å²) in [7, 11) is 0. The Kier molecular flexibility index (Phi) is 4.21. The van der Waals surface area contributed by atoms with Crippen molar-refractivity contribution >= 4 is 37.8 Å². The van der Waals surface area contributed by atoms with Gasteiger partial charge in [0.1, 0.15) is 5.75 Å². The molecular formula is C13H7Br2FO3. The Bertz CT molecular complexity index is 644. The topological polar surface area (TPSA) is 46.5 Å². The molecule has 0 unspecified atom stereocenters. The van der Waals surface area contributed by atoms with E-state index in [1.807, 2.05) is 6.07 Å². The van der Waals surface area contributed by atoms with E-state index in [0.717, 1.165) is 4.47 Å². The molecule has 0 spiro atoms. The van der Waals surface area contributed by atoms with Gasteiger partial charge in [0, 0.05) is 4.47 Å². The largest absolute Gasteiger partial charge is 0.478 e. The van der Waals surface area contributed by atoms with Crippen LogP contribution in [0, 0.1) is 5.82 Å². The number of carboxylic acid groups (broad SMARTS) is 1. The zero-order valence-corrected chi connectivity index (χ0v) is 12.5. The van der Waals surface area contributed by atoms with E-state index in [-0.39, 0.29) is 15.8 Å². The van der Waals surface area contributed by atoms with Crippen molar-refractivity contribution in [2.45, 2.75) is 0 Å². The van der Waals surface area contributed by atoms with E-state index in [9.17, 15) is 9.18 Å². The van der Waals surface area contributed by atoms with Gasteiger partial charge in [-0.3, -0.25) is 0 Å². The minimum Gasteiger partial charge on any atom is -0.478 e. The van der Waals surface area contributed by atoms with Gasteiger partial charge in [-0.05, 0) is 46.3 Å². The molecule has 0 aliphatic rings. The van der Waals surface area contributed by atoms with Gasteiger partial charge in [-0.1, -0.05) is 22.0 Å². The number of carbonyl (C=O) groups is 1. The number of ether oxygens (including phenoxy) is 1. The second kappa shape index (κ2) is 5.71. The molecule has 0 aliphatic heterocycles. The van der Waals surface area contributed by atoms with Crippen LogP contribution in [0.2, 0.25) is 0 Å². The minimum absolute atomic E-state index is 0.0463. The SMILES string of the molecule is O=C(O)c1ccc(Oc2cccc(Br)c2)c(F)c1Br. The molecule has 6 heteroatoms. The summed E-state index contributed by atoms with van der Waals surface area (Å²) in [6.07, 6.45) is 0. The maximum Gasteiger partial charge on any atom is 0.336 e. The molecule has 0 heterocycles. The first-order valence-corrected chi connectivity index (χ1v) is 6.72. The predicted molar refractivity (Wildman–Crippen MR) is 75.3 cm³/mol. The Morgan fingerprint density at radius 1 is 1.21 bits per heavy atom. The lowest BCUT2D eigenvalue weighted by Crippen LogP contribution is -2.00. The molecule has 2 rings (SSSR count). The van der Waals surface area contributed by atoms with Gasteiger partial charge < -0.3 is 9.84 Å². The van der Waals surface area contributed by atoms with Crippen LogP contribution in [0.15, 0.2) is 45.3 Å². The molecule has 0 fully saturated rings. The van der Waals surface area contributed by atoms with Gasteiger partial charge in [0.25, 0.3) is 0 Å². The summed E-state index contributed by atoms with van der Waals surface area (Å²) in [5.41, 5.74) is -0.154. The molecule has 1 N–H and O–H groups in total. The molecule has 0 aromatic heterocycles. The fraction of sp³-hybridized carbons (Fsp3) is 0. The highest BCUT2D eigenvalue weighted by molar-refractivity contribution is 9.10. The quantitative estimate of drug-likeness (QED) is 0.816. The molecule has 2 aromatic rings. The Morgan fingerprint density at radius 2 is 1.95 bits per heavy atom. The molecule has 19 heavy (non-hydrogen) atoms. The highest BCUT2D eigenvalue weighted by Gasteiger charge is 2.17. The van der Waals surface area contributed by atoms with Gasteiger partial charge in [-0.25, -0.2) is 9.18 Å². The van der Waals surface area contributed by atoms with Crippen LogP contribution in [-0.2, 0) is 0 Å². The third kappa shape index (κ3) is 3.13. The molecule has 0 saturated heterocycles. The molecule has 0 radical (unpaired) electrons. The normalized spacial score (nSPS) is 10.3. The van der Waals surface area contributed by atoms with E-state index >= 15 is 0 Å². The van der Waals surface area contributed by atoms with Crippen LogP contribution < -0.4 is 4.74 Å². The van der Waals surface area contributed by atoms with E-state index in [2.05, 4.69) is 31.9 Å². The number of carboxylic acids is 1. The van der Waals surface area contributed by atoms with Crippen LogP contribution in [-0.4, -0.2) is 11.1 Å². The van der Waals surface area contributed by atoms with Crippen molar-refractivity contribution in [3.05, 3.63) is 56.7 Å². The van der Waals surface area contributed by atoms with Gasteiger partial charge >= 0.3 is 5.97 Å². The maximum absolute atomic E-state index is 14.0. The number of halogens is 3. The van der Waals surface area contributed by atoms with E-state index < -0.39 is 11.8 Å². The Labute approximate surface area is 125 Å². The Hall–Kier alpha value is -1.40. The highest BCUT2D eigenvalue weighted by Crippen LogP contribution is 2.32. The standard InChI is InChI=1S/C13H7Br2FO3/c14-7-2-1-3-8(6-7)19-10-5-4-9(13(17)18)11(15)12(10)16/h1-6H,(H,17,18). The molecule has 98 valence electrons. The van der Waals surface area contributed by atoms with Crippen molar-refractivity contribution in [3.8, 4) is 11.5 Å². The third-order valence-corrected chi connectivity index (χ3v) is 3.57. The number of rotatable bonds is 3. The monoisotopic (exact) mass is 388 g/mol. The van der Waals surface area contributed by atoms with Crippen molar-refractivity contribution in [1.29, 1.82) is 0 Å². The first-order valence-electron chi connectivity index (χ1n) is 5.13. The summed E-state index contributed by atoms with van der Waals surface area (Å²) in [5, 5.41) is 8.86. The summed E-state index contributed by atoms with van der Waals surface area (Å²) >= 11 is 6.19. The fourth-order valence-electron chi connectivity index (χ4n) is 1.43. The van der Waals surface area contributed by atoms with Gasteiger partial charge in [0.05, 0.1) is 10.0 Å². The van der Waals surface area contributed by atoms with Crippen molar-refractivity contribution in [2.24, 2.45) is 0 Å². The summed E-state index contributed by atoms with van der Waals surface area (Å²) in [6.45, 7) is 0. The van der Waals surface area contributed by atoms with Crippen LogP contribution in [0.5, 0.6) is 11.5 Å². The van der Waals surface area contributed by atoms with Crippen molar-refractivity contribution < 1.29 is 19.0 Å². The van der Waals surface area contributed by atoms with Gasteiger partial charge in [-0.2, -0.15) is 0 Å². The number of hydrogen-bond donors (Lipinski definition) is 1. The predicted octanol–water partition coefficient (Wildman–Crippen LogP) is 4.84. The Balaban J connectivity index is 2.37. The Morgan fingerprint density at radius 3 is 2.58 bits per heavy atom. The number of aromatic carboxylic acids is 1. The third-order valence-electron chi connectivity index (χ3n) is 2.30. The van der Waals surface area contributed by atoms with Crippen LogP contribution in [0.25, 0.3) is 0 Å². The maximum atomic E-state index is 14.0. The summed E-state index contributed by atoms with van der Waals surface area (Å²) in [5.74, 6) is -1.56. The first-order chi connectivity index (χ1) is 8.99. The summed E-state index contributed by atoms with van der Waals surface area (Å²) < 4.78 is 20.0. The first kappa shape index (κ1) is 14.0.